The summed E-state index contributed by atoms with van der Waals surface area (Å²) in [7, 11) is 0. The average Bonchev–Trinajstić information content (AvgIpc) is 2.68. The normalized spacial score (nSPS) is 12.3. The number of primary amides is 1. The zero-order valence-corrected chi connectivity index (χ0v) is 15.8. The fraction of sp³-hybridized carbons (Fsp3) is 0.238. The minimum absolute atomic E-state index is 0.0359. The highest BCUT2D eigenvalue weighted by atomic mass is 19.1. The Balaban J connectivity index is 2.17. The van der Waals surface area contributed by atoms with E-state index < -0.39 is 35.6 Å². The largest absolute Gasteiger partial charge is 0.368 e. The lowest BCUT2D eigenvalue weighted by atomic mass is 9.99. The summed E-state index contributed by atoms with van der Waals surface area (Å²) in [6.07, 6.45) is 0.139. The summed E-state index contributed by atoms with van der Waals surface area (Å²) < 4.78 is 13.1. The van der Waals surface area contributed by atoms with Crippen LogP contribution in [-0.4, -0.2) is 29.8 Å². The molecular formula is C21H21FN4O3. The van der Waals surface area contributed by atoms with Gasteiger partial charge in [0.1, 0.15) is 17.9 Å². The zero-order chi connectivity index (χ0) is 21.4. The van der Waals surface area contributed by atoms with Crippen molar-refractivity contribution < 1.29 is 18.8 Å². The summed E-state index contributed by atoms with van der Waals surface area (Å²) in [5, 5.41) is 14.3. The third-order valence-corrected chi connectivity index (χ3v) is 4.27. The van der Waals surface area contributed by atoms with Crippen molar-refractivity contribution >= 4 is 17.7 Å². The molecule has 0 aliphatic carbocycles. The molecule has 3 amide bonds. The zero-order valence-electron chi connectivity index (χ0n) is 15.8. The van der Waals surface area contributed by atoms with E-state index in [0.717, 1.165) is 0 Å². The van der Waals surface area contributed by atoms with Crippen molar-refractivity contribution in [1.29, 1.82) is 5.26 Å². The minimum atomic E-state index is -1.07. The summed E-state index contributed by atoms with van der Waals surface area (Å²) in [4.78, 5) is 36.1. The summed E-state index contributed by atoms with van der Waals surface area (Å²) in [6, 6.07) is 12.2. The number of nitrogens with zero attached hydrogens (tertiary/aromatic N) is 1. The van der Waals surface area contributed by atoms with Crippen molar-refractivity contribution in [2.45, 2.75) is 31.8 Å². The molecule has 4 N–H and O–H groups in total. The summed E-state index contributed by atoms with van der Waals surface area (Å²) in [5.41, 5.74) is 7.00. The second-order valence-corrected chi connectivity index (χ2v) is 6.52. The third kappa shape index (κ3) is 6.43. The van der Waals surface area contributed by atoms with Gasteiger partial charge in [0.15, 0.2) is 0 Å². The van der Waals surface area contributed by atoms with E-state index in [-0.39, 0.29) is 12.8 Å². The molecule has 7 nitrogen and oxygen atoms in total. The first-order chi connectivity index (χ1) is 13.8. The Morgan fingerprint density at radius 1 is 1.03 bits per heavy atom. The first-order valence-electron chi connectivity index (χ1n) is 8.89. The lowest BCUT2D eigenvalue weighted by Gasteiger charge is -2.22. The summed E-state index contributed by atoms with van der Waals surface area (Å²) in [6.45, 7) is 1.26. The van der Waals surface area contributed by atoms with E-state index >= 15 is 0 Å². The summed E-state index contributed by atoms with van der Waals surface area (Å²) in [5.74, 6) is -2.23. The van der Waals surface area contributed by atoms with Gasteiger partial charge < -0.3 is 16.4 Å². The van der Waals surface area contributed by atoms with Gasteiger partial charge in [-0.3, -0.25) is 14.4 Å². The van der Waals surface area contributed by atoms with Gasteiger partial charge in [0.2, 0.25) is 17.7 Å². The van der Waals surface area contributed by atoms with Gasteiger partial charge in [-0.1, -0.05) is 30.3 Å². The second-order valence-electron chi connectivity index (χ2n) is 6.52. The van der Waals surface area contributed by atoms with Crippen LogP contribution < -0.4 is 16.4 Å². The number of benzene rings is 2. The molecule has 2 rings (SSSR count). The number of amides is 3. The smallest absolute Gasteiger partial charge is 0.243 e. The Hall–Kier alpha value is -3.73. The fourth-order valence-electron chi connectivity index (χ4n) is 2.83. The van der Waals surface area contributed by atoms with Crippen LogP contribution in [0.5, 0.6) is 0 Å². The van der Waals surface area contributed by atoms with E-state index in [4.69, 9.17) is 5.73 Å². The number of hydrogen-bond acceptors (Lipinski definition) is 4. The number of rotatable bonds is 8. The van der Waals surface area contributed by atoms with E-state index in [9.17, 15) is 24.0 Å². The number of carbonyl (C=O) groups excluding carboxylic acids is 3. The van der Waals surface area contributed by atoms with Crippen molar-refractivity contribution in [3.05, 3.63) is 71.0 Å². The van der Waals surface area contributed by atoms with E-state index in [1.165, 1.54) is 31.2 Å². The number of hydrogen-bond donors (Lipinski definition) is 3. The van der Waals surface area contributed by atoms with E-state index in [2.05, 4.69) is 10.6 Å². The highest BCUT2D eigenvalue weighted by Gasteiger charge is 2.26. The average molecular weight is 396 g/mol. The van der Waals surface area contributed by atoms with Crippen LogP contribution in [0.25, 0.3) is 0 Å². The monoisotopic (exact) mass is 396 g/mol. The first-order valence-corrected chi connectivity index (χ1v) is 8.89. The topological polar surface area (TPSA) is 125 Å². The SMILES string of the molecule is CC(=O)N[C@H](Cc1ccc(F)cc1)C(=O)N[C@H](Cc1ccccc1C#N)C(N)=O. The van der Waals surface area contributed by atoms with Crippen LogP contribution in [0.15, 0.2) is 48.5 Å². The molecular weight excluding hydrogens is 375 g/mol. The molecule has 0 aromatic heterocycles. The van der Waals surface area contributed by atoms with Gasteiger partial charge in [0.25, 0.3) is 0 Å². The lowest BCUT2D eigenvalue weighted by molar-refractivity contribution is -0.130. The van der Waals surface area contributed by atoms with Crippen LogP contribution in [-0.2, 0) is 27.2 Å². The van der Waals surface area contributed by atoms with Gasteiger partial charge in [-0.2, -0.15) is 5.26 Å². The number of nitrogens with one attached hydrogen (secondary N) is 2. The molecule has 2 aromatic rings. The molecule has 150 valence electrons. The van der Waals surface area contributed by atoms with Gasteiger partial charge in [-0.15, -0.1) is 0 Å². The Kier molecular flexibility index (Phi) is 7.43. The van der Waals surface area contributed by atoms with Crippen LogP contribution in [0.4, 0.5) is 4.39 Å². The fourth-order valence-corrected chi connectivity index (χ4v) is 2.83. The van der Waals surface area contributed by atoms with Crippen molar-refractivity contribution in [3.63, 3.8) is 0 Å². The van der Waals surface area contributed by atoms with Crippen LogP contribution in [0.3, 0.4) is 0 Å². The molecule has 2 aromatic carbocycles. The maximum atomic E-state index is 13.1. The molecule has 0 saturated carbocycles. The standard InChI is InChI=1S/C21H21FN4O3/c1-13(27)25-19(10-14-6-8-17(22)9-7-14)21(29)26-18(20(24)28)11-15-4-2-3-5-16(15)12-23/h2-9,18-19H,10-11H2,1H3,(H2,24,28)(H,25,27)(H,26,29)/t18-,19-/m1/s1. The molecule has 0 radical (unpaired) electrons. The highest BCUT2D eigenvalue weighted by Crippen LogP contribution is 2.11. The number of carbonyl (C=O) groups is 3. The Morgan fingerprint density at radius 3 is 2.28 bits per heavy atom. The van der Waals surface area contributed by atoms with Crippen molar-refractivity contribution in [2.75, 3.05) is 0 Å². The minimum Gasteiger partial charge on any atom is -0.368 e. The van der Waals surface area contributed by atoms with Crippen molar-refractivity contribution in [1.82, 2.24) is 10.6 Å². The highest BCUT2D eigenvalue weighted by molar-refractivity contribution is 5.91. The molecule has 0 bridgehead atoms. The second kappa shape index (κ2) is 9.99. The van der Waals surface area contributed by atoms with Crippen molar-refractivity contribution in [3.8, 4) is 6.07 Å². The van der Waals surface area contributed by atoms with Crippen LogP contribution in [0.1, 0.15) is 23.6 Å². The quantitative estimate of drug-likeness (QED) is 0.614. The molecule has 8 heteroatoms. The molecule has 2 atom stereocenters. The number of nitrogens with two attached hydrogens (primary N) is 1. The van der Waals surface area contributed by atoms with Gasteiger partial charge in [-0.05, 0) is 29.3 Å². The summed E-state index contributed by atoms with van der Waals surface area (Å²) >= 11 is 0. The van der Waals surface area contributed by atoms with Gasteiger partial charge in [0, 0.05) is 19.8 Å². The van der Waals surface area contributed by atoms with E-state index in [1.807, 2.05) is 6.07 Å². The Morgan fingerprint density at radius 2 is 1.69 bits per heavy atom. The molecule has 0 unspecified atom stereocenters. The molecule has 0 aliphatic heterocycles. The van der Waals surface area contributed by atoms with Crippen LogP contribution in [0.2, 0.25) is 0 Å². The van der Waals surface area contributed by atoms with Crippen LogP contribution in [0, 0.1) is 17.1 Å². The Bertz CT molecular complexity index is 938. The maximum Gasteiger partial charge on any atom is 0.243 e. The van der Waals surface area contributed by atoms with Crippen molar-refractivity contribution in [2.24, 2.45) is 5.73 Å². The molecule has 0 saturated heterocycles. The lowest BCUT2D eigenvalue weighted by Crippen LogP contribution is -2.54. The van der Waals surface area contributed by atoms with Gasteiger partial charge >= 0.3 is 0 Å². The number of nitriles is 1. The van der Waals surface area contributed by atoms with Gasteiger partial charge in [-0.25, -0.2) is 4.39 Å². The van der Waals surface area contributed by atoms with Crippen LogP contribution >= 0.6 is 0 Å². The van der Waals surface area contributed by atoms with Gasteiger partial charge in [0.05, 0.1) is 11.6 Å². The van der Waals surface area contributed by atoms with E-state index in [1.54, 1.807) is 24.3 Å². The predicted molar refractivity (Wildman–Crippen MR) is 104 cm³/mol. The predicted octanol–water partition coefficient (Wildman–Crippen LogP) is 0.957. The Labute approximate surface area is 167 Å². The number of halogens is 1. The molecule has 0 aliphatic rings. The maximum absolute atomic E-state index is 13.1. The third-order valence-electron chi connectivity index (χ3n) is 4.27. The first kappa shape index (κ1) is 21.6. The molecule has 0 spiro atoms. The molecule has 0 fully saturated rings. The van der Waals surface area contributed by atoms with E-state index in [0.29, 0.717) is 16.7 Å². The molecule has 0 heterocycles. The molecule has 29 heavy (non-hydrogen) atoms.